The molecule has 3 nitrogen and oxygen atoms in total. The highest BCUT2D eigenvalue weighted by Crippen LogP contribution is 2.20. The molecule has 0 aromatic heterocycles. The van der Waals surface area contributed by atoms with E-state index in [0.717, 1.165) is 6.54 Å². The van der Waals surface area contributed by atoms with Gasteiger partial charge in [0, 0.05) is 25.7 Å². The quantitative estimate of drug-likeness (QED) is 0.899. The Hall–Kier alpha value is -0.900. The second-order valence-corrected chi connectivity index (χ2v) is 5.87. The topological polar surface area (TPSA) is 32.5 Å². The summed E-state index contributed by atoms with van der Waals surface area (Å²) in [5.74, 6) is 0.491. The molecule has 0 radical (unpaired) electrons. The molecule has 0 saturated carbocycles. The first-order valence-corrected chi connectivity index (χ1v) is 7.38. The van der Waals surface area contributed by atoms with Gasteiger partial charge in [0.05, 0.1) is 0 Å². The molecule has 2 atom stereocenters. The van der Waals surface area contributed by atoms with E-state index in [2.05, 4.69) is 48.0 Å². The third-order valence-corrected chi connectivity index (χ3v) is 4.16. The van der Waals surface area contributed by atoms with Gasteiger partial charge in [0.15, 0.2) is 0 Å². The largest absolute Gasteiger partial charge is 0.324 e. The van der Waals surface area contributed by atoms with Gasteiger partial charge in [-0.05, 0) is 38.0 Å². The van der Waals surface area contributed by atoms with E-state index in [4.69, 9.17) is 5.73 Å². The third-order valence-electron chi connectivity index (χ3n) is 4.16. The van der Waals surface area contributed by atoms with Gasteiger partial charge >= 0.3 is 0 Å². The van der Waals surface area contributed by atoms with Crippen molar-refractivity contribution in [3.8, 4) is 0 Å². The van der Waals surface area contributed by atoms with E-state index in [1.54, 1.807) is 0 Å². The van der Waals surface area contributed by atoms with Crippen LogP contribution in [0.3, 0.4) is 0 Å². The molecule has 1 aromatic rings. The Bertz CT molecular complexity index is 366. The predicted molar refractivity (Wildman–Crippen MR) is 81.1 cm³/mol. The summed E-state index contributed by atoms with van der Waals surface area (Å²) in [6.07, 6.45) is 1.27. The lowest BCUT2D eigenvalue weighted by Gasteiger charge is -2.27. The summed E-state index contributed by atoms with van der Waals surface area (Å²) in [5.41, 5.74) is 7.64. The summed E-state index contributed by atoms with van der Waals surface area (Å²) in [4.78, 5) is 4.98. The number of nitrogens with zero attached hydrogens (tertiary/aromatic N) is 2. The Balaban J connectivity index is 1.88. The number of benzene rings is 1. The Labute approximate surface area is 117 Å². The van der Waals surface area contributed by atoms with Crippen LogP contribution in [0.4, 0.5) is 0 Å². The molecule has 0 spiro atoms. The first-order valence-electron chi connectivity index (χ1n) is 7.38. The number of hydrogen-bond donors (Lipinski definition) is 1. The average Bonchev–Trinajstić information content (AvgIpc) is 2.64. The maximum absolute atomic E-state index is 6.38. The van der Waals surface area contributed by atoms with Crippen molar-refractivity contribution in [3.05, 3.63) is 35.9 Å². The van der Waals surface area contributed by atoms with Crippen LogP contribution in [0.5, 0.6) is 0 Å². The van der Waals surface area contributed by atoms with Crippen LogP contribution in [0.15, 0.2) is 30.3 Å². The van der Waals surface area contributed by atoms with Crippen LogP contribution in [0.1, 0.15) is 24.9 Å². The molecule has 0 aliphatic carbocycles. The summed E-state index contributed by atoms with van der Waals surface area (Å²) >= 11 is 0. The molecule has 3 heteroatoms. The van der Waals surface area contributed by atoms with Gasteiger partial charge < -0.3 is 15.5 Å². The van der Waals surface area contributed by atoms with Crippen LogP contribution in [0.25, 0.3) is 0 Å². The molecule has 0 amide bonds. The summed E-state index contributed by atoms with van der Waals surface area (Å²) in [7, 11) is 2.21. The van der Waals surface area contributed by atoms with Gasteiger partial charge in [-0.2, -0.15) is 0 Å². The second kappa shape index (κ2) is 7.04. The van der Waals surface area contributed by atoms with E-state index < -0.39 is 0 Å². The Morgan fingerprint density at radius 3 is 2.58 bits per heavy atom. The smallest absolute Gasteiger partial charge is 0.0333 e. The summed E-state index contributed by atoms with van der Waals surface area (Å²) in [6, 6.07) is 10.6. The van der Waals surface area contributed by atoms with Gasteiger partial charge in [-0.3, -0.25) is 0 Å². The van der Waals surface area contributed by atoms with Gasteiger partial charge in [0.1, 0.15) is 0 Å². The van der Waals surface area contributed by atoms with Crippen LogP contribution in [-0.2, 0) is 0 Å². The maximum atomic E-state index is 6.38. The van der Waals surface area contributed by atoms with E-state index in [0.29, 0.717) is 5.92 Å². The van der Waals surface area contributed by atoms with E-state index in [1.807, 2.05) is 6.07 Å². The number of rotatable bonds is 4. The molecular formula is C16H27N3. The molecule has 1 aromatic carbocycles. The molecule has 1 aliphatic rings. The van der Waals surface area contributed by atoms with E-state index in [1.165, 1.54) is 38.2 Å². The minimum Gasteiger partial charge on any atom is -0.324 e. The Kier molecular flexibility index (Phi) is 5.37. The fraction of sp³-hybridized carbons (Fsp3) is 0.625. The normalized spacial score (nSPS) is 21.8. The number of likely N-dealkylation sites (N-methyl/N-ethyl adjacent to an activating group) is 1. The molecule has 2 rings (SSSR count). The molecule has 1 aliphatic heterocycles. The third kappa shape index (κ3) is 4.30. The zero-order valence-corrected chi connectivity index (χ0v) is 12.3. The molecule has 106 valence electrons. The average molecular weight is 261 g/mol. The fourth-order valence-corrected chi connectivity index (χ4v) is 2.81. The molecule has 1 heterocycles. The maximum Gasteiger partial charge on any atom is 0.0333 e. The molecular weight excluding hydrogens is 234 g/mol. The first kappa shape index (κ1) is 14.5. The standard InChI is InChI=1S/C16H27N3/c1-14(16(17)15-7-4-3-5-8-15)13-19-10-6-9-18(2)11-12-19/h3-5,7-8,14,16H,6,9-13,17H2,1-2H3/t14-,16+/m0/s1. The Morgan fingerprint density at radius 2 is 1.84 bits per heavy atom. The van der Waals surface area contributed by atoms with E-state index in [9.17, 15) is 0 Å². The molecule has 19 heavy (non-hydrogen) atoms. The molecule has 0 bridgehead atoms. The van der Waals surface area contributed by atoms with Crippen molar-refractivity contribution in [1.29, 1.82) is 0 Å². The summed E-state index contributed by atoms with van der Waals surface area (Å²) in [5, 5.41) is 0. The van der Waals surface area contributed by atoms with Crippen LogP contribution < -0.4 is 5.73 Å². The highest BCUT2D eigenvalue weighted by atomic mass is 15.2. The minimum atomic E-state index is 0.141. The van der Waals surface area contributed by atoms with Crippen molar-refractivity contribution in [3.63, 3.8) is 0 Å². The minimum absolute atomic E-state index is 0.141. The molecule has 0 unspecified atom stereocenters. The van der Waals surface area contributed by atoms with Crippen LogP contribution >= 0.6 is 0 Å². The van der Waals surface area contributed by atoms with Gasteiger partial charge in [0.25, 0.3) is 0 Å². The summed E-state index contributed by atoms with van der Waals surface area (Å²) in [6.45, 7) is 8.14. The first-order chi connectivity index (χ1) is 9.16. The predicted octanol–water partition coefficient (Wildman–Crippen LogP) is 1.96. The lowest BCUT2D eigenvalue weighted by atomic mass is 9.95. The highest BCUT2D eigenvalue weighted by Gasteiger charge is 2.19. The zero-order chi connectivity index (χ0) is 13.7. The lowest BCUT2D eigenvalue weighted by molar-refractivity contribution is 0.227. The van der Waals surface area contributed by atoms with Crippen molar-refractivity contribution in [1.82, 2.24) is 9.80 Å². The second-order valence-electron chi connectivity index (χ2n) is 5.87. The SMILES string of the molecule is C[C@@H](CN1CCCN(C)CC1)[C@@H](N)c1ccccc1. The molecule has 2 N–H and O–H groups in total. The van der Waals surface area contributed by atoms with Crippen LogP contribution in [0, 0.1) is 5.92 Å². The van der Waals surface area contributed by atoms with Gasteiger partial charge in [0.2, 0.25) is 0 Å². The lowest BCUT2D eigenvalue weighted by Crippen LogP contribution is -2.36. The zero-order valence-electron chi connectivity index (χ0n) is 12.3. The number of hydrogen-bond acceptors (Lipinski definition) is 3. The van der Waals surface area contributed by atoms with E-state index >= 15 is 0 Å². The van der Waals surface area contributed by atoms with Crippen molar-refractivity contribution < 1.29 is 0 Å². The van der Waals surface area contributed by atoms with Crippen molar-refractivity contribution >= 4 is 0 Å². The van der Waals surface area contributed by atoms with Gasteiger partial charge in [-0.15, -0.1) is 0 Å². The fourth-order valence-electron chi connectivity index (χ4n) is 2.81. The van der Waals surface area contributed by atoms with Crippen molar-refractivity contribution in [2.24, 2.45) is 11.7 Å². The summed E-state index contributed by atoms with van der Waals surface area (Å²) < 4.78 is 0. The Morgan fingerprint density at radius 1 is 1.11 bits per heavy atom. The number of nitrogens with two attached hydrogens (primary N) is 1. The van der Waals surface area contributed by atoms with Crippen molar-refractivity contribution in [2.45, 2.75) is 19.4 Å². The van der Waals surface area contributed by atoms with Gasteiger partial charge in [-0.25, -0.2) is 0 Å². The van der Waals surface area contributed by atoms with Gasteiger partial charge in [-0.1, -0.05) is 37.3 Å². The van der Waals surface area contributed by atoms with Crippen LogP contribution in [-0.4, -0.2) is 49.6 Å². The highest BCUT2D eigenvalue weighted by molar-refractivity contribution is 5.19. The molecule has 1 saturated heterocycles. The van der Waals surface area contributed by atoms with E-state index in [-0.39, 0.29) is 6.04 Å². The van der Waals surface area contributed by atoms with Crippen molar-refractivity contribution in [2.75, 3.05) is 39.8 Å². The molecule has 1 fully saturated rings. The monoisotopic (exact) mass is 261 g/mol. The van der Waals surface area contributed by atoms with Crippen LogP contribution in [0.2, 0.25) is 0 Å².